The van der Waals surface area contributed by atoms with E-state index in [1.165, 1.54) is 25.7 Å². The molecule has 1 aromatic rings. The first-order valence-corrected chi connectivity index (χ1v) is 7.25. The Morgan fingerprint density at radius 3 is 2.74 bits per heavy atom. The van der Waals surface area contributed by atoms with Gasteiger partial charge in [-0.05, 0) is 33.1 Å². The zero-order valence-corrected chi connectivity index (χ0v) is 12.2. The van der Waals surface area contributed by atoms with Gasteiger partial charge in [0.25, 0.3) is 0 Å². The first-order chi connectivity index (χ1) is 9.17. The Balaban J connectivity index is 2.40. The summed E-state index contributed by atoms with van der Waals surface area (Å²) in [4.78, 5) is 11.5. The van der Waals surface area contributed by atoms with Crippen LogP contribution in [0, 0.1) is 13.8 Å². The van der Waals surface area contributed by atoms with Gasteiger partial charge in [0.05, 0.1) is 0 Å². The molecule has 1 fully saturated rings. The Hall–Kier alpha value is -1.36. The molecule has 1 saturated heterocycles. The minimum Gasteiger partial charge on any atom is -0.353 e. The van der Waals surface area contributed by atoms with E-state index in [-0.39, 0.29) is 0 Å². The van der Waals surface area contributed by atoms with E-state index in [1.54, 1.807) is 0 Å². The molecule has 2 heterocycles. The first-order valence-electron chi connectivity index (χ1n) is 7.25. The molecule has 2 rings (SSSR count). The van der Waals surface area contributed by atoms with Crippen LogP contribution in [0.15, 0.2) is 0 Å². The quantitative estimate of drug-likeness (QED) is 0.648. The van der Waals surface area contributed by atoms with Gasteiger partial charge in [-0.25, -0.2) is 15.8 Å². The van der Waals surface area contributed by atoms with Crippen molar-refractivity contribution in [3.63, 3.8) is 0 Å². The number of anilines is 2. The molecule has 0 radical (unpaired) electrons. The lowest BCUT2D eigenvalue weighted by Gasteiger charge is -2.32. The van der Waals surface area contributed by atoms with Crippen LogP contribution in [-0.4, -0.2) is 22.6 Å². The van der Waals surface area contributed by atoms with E-state index < -0.39 is 0 Å². The van der Waals surface area contributed by atoms with Gasteiger partial charge in [-0.15, -0.1) is 0 Å². The smallest absolute Gasteiger partial charge is 0.148 e. The second-order valence-corrected chi connectivity index (χ2v) is 5.32. The predicted octanol–water partition coefficient (Wildman–Crippen LogP) is 2.54. The van der Waals surface area contributed by atoms with Crippen molar-refractivity contribution in [2.75, 3.05) is 16.9 Å². The first kappa shape index (κ1) is 14.1. The Bertz CT molecular complexity index is 432. The fraction of sp³-hybridized carbons (Fsp3) is 0.714. The highest BCUT2D eigenvalue weighted by molar-refractivity contribution is 5.58. The number of nitrogens with one attached hydrogen (secondary N) is 1. The second-order valence-electron chi connectivity index (χ2n) is 5.32. The third-order valence-corrected chi connectivity index (χ3v) is 3.99. The second kappa shape index (κ2) is 6.19. The summed E-state index contributed by atoms with van der Waals surface area (Å²) in [5, 5.41) is 0. The number of aromatic nitrogens is 2. The van der Waals surface area contributed by atoms with E-state index in [0.717, 1.165) is 36.0 Å². The molecule has 1 aliphatic heterocycles. The number of hydrazine groups is 1. The molecule has 1 aliphatic rings. The van der Waals surface area contributed by atoms with E-state index in [1.807, 2.05) is 13.8 Å². The third-order valence-electron chi connectivity index (χ3n) is 3.99. The minimum atomic E-state index is 0.584. The largest absolute Gasteiger partial charge is 0.353 e. The van der Waals surface area contributed by atoms with Gasteiger partial charge in [0.2, 0.25) is 0 Å². The van der Waals surface area contributed by atoms with Crippen LogP contribution >= 0.6 is 0 Å². The number of aryl methyl sites for hydroxylation is 1. The summed E-state index contributed by atoms with van der Waals surface area (Å²) in [6, 6.07) is 0.584. The van der Waals surface area contributed by atoms with Crippen LogP contribution < -0.4 is 16.2 Å². The number of rotatable bonds is 3. The molecule has 5 nitrogen and oxygen atoms in total. The summed E-state index contributed by atoms with van der Waals surface area (Å²) in [6.07, 6.45) is 6.29. The highest BCUT2D eigenvalue weighted by Gasteiger charge is 2.23. The van der Waals surface area contributed by atoms with Crippen molar-refractivity contribution in [3.05, 3.63) is 11.4 Å². The molecule has 1 aromatic heterocycles. The standard InChI is InChI=1S/C14H25N5/c1-4-12-8-6-5-7-9-19(12)14-10(2)13(18-15)16-11(3)17-14/h12H,4-9,15H2,1-3H3,(H,16,17,18). The Kier molecular flexibility index (Phi) is 4.58. The van der Waals surface area contributed by atoms with Gasteiger partial charge in [-0.1, -0.05) is 19.8 Å². The summed E-state index contributed by atoms with van der Waals surface area (Å²) < 4.78 is 0. The van der Waals surface area contributed by atoms with Crippen molar-refractivity contribution < 1.29 is 0 Å². The van der Waals surface area contributed by atoms with Crippen molar-refractivity contribution in [3.8, 4) is 0 Å². The lowest BCUT2D eigenvalue weighted by molar-refractivity contribution is 0.550. The Morgan fingerprint density at radius 2 is 2.05 bits per heavy atom. The van der Waals surface area contributed by atoms with Gasteiger partial charge in [-0.2, -0.15) is 0 Å². The minimum absolute atomic E-state index is 0.584. The van der Waals surface area contributed by atoms with Crippen LogP contribution in [0.5, 0.6) is 0 Å². The van der Waals surface area contributed by atoms with Crippen molar-refractivity contribution in [1.29, 1.82) is 0 Å². The lowest BCUT2D eigenvalue weighted by atomic mass is 10.1. The molecule has 19 heavy (non-hydrogen) atoms. The van der Waals surface area contributed by atoms with E-state index in [0.29, 0.717) is 6.04 Å². The highest BCUT2D eigenvalue weighted by atomic mass is 15.3. The molecule has 0 aromatic carbocycles. The highest BCUT2D eigenvalue weighted by Crippen LogP contribution is 2.29. The summed E-state index contributed by atoms with van der Waals surface area (Å²) in [5.74, 6) is 8.12. The maximum atomic E-state index is 5.56. The Labute approximate surface area is 115 Å². The number of hydrogen-bond acceptors (Lipinski definition) is 5. The number of nitrogens with zero attached hydrogens (tertiary/aromatic N) is 3. The van der Waals surface area contributed by atoms with Crippen molar-refractivity contribution in [1.82, 2.24) is 9.97 Å². The van der Waals surface area contributed by atoms with Gasteiger partial charge in [0.15, 0.2) is 0 Å². The Morgan fingerprint density at radius 1 is 1.26 bits per heavy atom. The van der Waals surface area contributed by atoms with Crippen LogP contribution in [0.1, 0.15) is 50.4 Å². The number of hydrogen-bond donors (Lipinski definition) is 2. The topological polar surface area (TPSA) is 67.1 Å². The SMILES string of the molecule is CCC1CCCCCN1c1nc(C)nc(NN)c1C. The molecule has 1 unspecified atom stereocenters. The van der Waals surface area contributed by atoms with Crippen LogP contribution in [0.25, 0.3) is 0 Å². The van der Waals surface area contributed by atoms with E-state index in [2.05, 4.69) is 27.2 Å². The van der Waals surface area contributed by atoms with Crippen LogP contribution in [0.2, 0.25) is 0 Å². The fourth-order valence-electron chi connectivity index (χ4n) is 2.91. The predicted molar refractivity (Wildman–Crippen MR) is 79.2 cm³/mol. The molecule has 106 valence electrons. The third kappa shape index (κ3) is 2.97. The van der Waals surface area contributed by atoms with Gasteiger partial charge < -0.3 is 10.3 Å². The molecule has 3 N–H and O–H groups in total. The molecule has 1 atom stereocenters. The summed E-state index contributed by atoms with van der Waals surface area (Å²) in [6.45, 7) is 7.30. The molecule has 5 heteroatoms. The van der Waals surface area contributed by atoms with Crippen LogP contribution in [0.3, 0.4) is 0 Å². The summed E-state index contributed by atoms with van der Waals surface area (Å²) in [5.41, 5.74) is 3.74. The zero-order valence-electron chi connectivity index (χ0n) is 12.2. The van der Waals surface area contributed by atoms with Crippen LogP contribution in [-0.2, 0) is 0 Å². The maximum Gasteiger partial charge on any atom is 0.148 e. The molecular formula is C14H25N5. The maximum absolute atomic E-state index is 5.56. The van der Waals surface area contributed by atoms with E-state index in [4.69, 9.17) is 5.84 Å². The normalized spacial score (nSPS) is 20.2. The van der Waals surface area contributed by atoms with E-state index in [9.17, 15) is 0 Å². The molecular weight excluding hydrogens is 238 g/mol. The number of nitrogens with two attached hydrogens (primary N) is 1. The summed E-state index contributed by atoms with van der Waals surface area (Å²) >= 11 is 0. The van der Waals surface area contributed by atoms with Crippen molar-refractivity contribution >= 4 is 11.6 Å². The molecule has 0 saturated carbocycles. The number of nitrogen functional groups attached to an aromatic ring is 1. The average molecular weight is 263 g/mol. The molecule has 0 aliphatic carbocycles. The lowest BCUT2D eigenvalue weighted by Crippen LogP contribution is -2.36. The van der Waals surface area contributed by atoms with Gasteiger partial charge in [-0.3, -0.25) is 0 Å². The van der Waals surface area contributed by atoms with Crippen molar-refractivity contribution in [2.24, 2.45) is 5.84 Å². The van der Waals surface area contributed by atoms with Crippen LogP contribution in [0.4, 0.5) is 11.6 Å². The van der Waals surface area contributed by atoms with Gasteiger partial charge >= 0.3 is 0 Å². The zero-order chi connectivity index (χ0) is 13.8. The van der Waals surface area contributed by atoms with Gasteiger partial charge in [0.1, 0.15) is 17.5 Å². The van der Waals surface area contributed by atoms with Gasteiger partial charge in [0, 0.05) is 18.2 Å². The van der Waals surface area contributed by atoms with E-state index >= 15 is 0 Å². The van der Waals surface area contributed by atoms with Crippen molar-refractivity contribution in [2.45, 2.75) is 58.9 Å². The summed E-state index contributed by atoms with van der Waals surface area (Å²) in [7, 11) is 0. The molecule has 0 spiro atoms. The fourth-order valence-corrected chi connectivity index (χ4v) is 2.91. The molecule has 0 bridgehead atoms. The average Bonchev–Trinajstić information content (AvgIpc) is 2.65. The molecule has 0 amide bonds. The monoisotopic (exact) mass is 263 g/mol.